The zero-order chi connectivity index (χ0) is 20.3. The maximum absolute atomic E-state index is 14.1. The first kappa shape index (κ1) is 19.5. The molecule has 3 heterocycles. The van der Waals surface area contributed by atoms with Crippen molar-refractivity contribution in [3.63, 3.8) is 0 Å². The molecule has 2 aliphatic heterocycles. The monoisotopic (exact) mass is 404 g/mol. The van der Waals surface area contributed by atoms with Gasteiger partial charge in [0.15, 0.2) is 0 Å². The summed E-state index contributed by atoms with van der Waals surface area (Å²) in [5, 5.41) is 0.867. The highest BCUT2D eigenvalue weighted by Gasteiger charge is 2.28. The van der Waals surface area contributed by atoms with E-state index in [1.165, 1.54) is 24.6 Å². The molecule has 4 nitrogen and oxygen atoms in total. The minimum absolute atomic E-state index is 0.234. The number of para-hydroxylation sites is 2. The number of rotatable bonds is 4. The maximum atomic E-state index is 14.1. The van der Waals surface area contributed by atoms with Crippen LogP contribution in [0.2, 0.25) is 0 Å². The van der Waals surface area contributed by atoms with Crippen LogP contribution in [0.3, 0.4) is 0 Å². The molecule has 0 spiro atoms. The van der Waals surface area contributed by atoms with Gasteiger partial charge in [0.1, 0.15) is 11.3 Å². The Bertz CT molecular complexity index is 985. The Labute approximate surface area is 177 Å². The van der Waals surface area contributed by atoms with E-state index in [-0.39, 0.29) is 5.82 Å². The Morgan fingerprint density at radius 3 is 2.53 bits per heavy atom. The molecule has 2 aliphatic rings. The van der Waals surface area contributed by atoms with E-state index in [0.29, 0.717) is 11.6 Å². The van der Waals surface area contributed by atoms with Gasteiger partial charge in [-0.15, -0.1) is 0 Å². The third kappa shape index (κ3) is 4.18. The highest BCUT2D eigenvalue weighted by molar-refractivity contribution is 5.79. The van der Waals surface area contributed by atoms with Gasteiger partial charge in [-0.25, -0.2) is 9.37 Å². The lowest BCUT2D eigenvalue weighted by Crippen LogP contribution is -2.55. The zero-order valence-electron chi connectivity index (χ0n) is 17.4. The molecule has 2 aromatic carbocycles. The normalized spacial score (nSPS) is 21.2. The molecule has 2 fully saturated rings. The average molecular weight is 405 g/mol. The minimum atomic E-state index is -0.234. The number of fused-ring (bicyclic) bond motifs is 1. The molecule has 30 heavy (non-hydrogen) atoms. The van der Waals surface area contributed by atoms with Crippen molar-refractivity contribution in [2.24, 2.45) is 0 Å². The molecule has 156 valence electrons. The number of hydrogen-bond donors (Lipinski definition) is 0. The molecule has 1 aromatic heterocycles. The van der Waals surface area contributed by atoms with Crippen molar-refractivity contribution >= 4 is 16.6 Å². The Morgan fingerprint density at radius 1 is 0.867 bits per heavy atom. The average Bonchev–Trinajstić information content (AvgIpc) is 2.81. The molecule has 1 unspecified atom stereocenters. The van der Waals surface area contributed by atoms with Gasteiger partial charge in [0.2, 0.25) is 0 Å². The first-order valence-corrected chi connectivity index (χ1v) is 11.1. The predicted molar refractivity (Wildman–Crippen MR) is 120 cm³/mol. The van der Waals surface area contributed by atoms with E-state index < -0.39 is 0 Å². The van der Waals surface area contributed by atoms with E-state index in [1.807, 2.05) is 18.2 Å². The zero-order valence-corrected chi connectivity index (χ0v) is 17.4. The van der Waals surface area contributed by atoms with Crippen molar-refractivity contribution in [2.75, 3.05) is 44.2 Å². The summed E-state index contributed by atoms with van der Waals surface area (Å²) < 4.78 is 14.1. The van der Waals surface area contributed by atoms with Crippen molar-refractivity contribution in [3.8, 4) is 0 Å². The minimum Gasteiger partial charge on any atom is -0.369 e. The molecular formula is C25H29FN4. The van der Waals surface area contributed by atoms with Gasteiger partial charge in [0.25, 0.3) is 0 Å². The lowest BCUT2D eigenvalue weighted by atomic mass is 10.0. The summed E-state index contributed by atoms with van der Waals surface area (Å²) in [5.41, 5.74) is 2.78. The molecule has 0 saturated carbocycles. The number of aromatic nitrogens is 1. The summed E-state index contributed by atoms with van der Waals surface area (Å²) in [6, 6.07) is 20.5. The van der Waals surface area contributed by atoms with E-state index >= 15 is 0 Å². The van der Waals surface area contributed by atoms with Crippen LogP contribution in [-0.4, -0.2) is 60.1 Å². The summed E-state index contributed by atoms with van der Waals surface area (Å²) in [4.78, 5) is 12.3. The first-order chi connectivity index (χ1) is 14.8. The van der Waals surface area contributed by atoms with Crippen LogP contribution in [0.1, 0.15) is 18.5 Å². The van der Waals surface area contributed by atoms with Crippen LogP contribution in [0.15, 0.2) is 60.7 Å². The van der Waals surface area contributed by atoms with Gasteiger partial charge in [-0.3, -0.25) is 9.80 Å². The Kier molecular flexibility index (Phi) is 5.65. The fourth-order valence-electron chi connectivity index (χ4n) is 4.93. The third-order valence-corrected chi connectivity index (χ3v) is 6.55. The number of piperidine rings is 1. The summed E-state index contributed by atoms with van der Waals surface area (Å²) in [5.74, 6) is -0.234. The lowest BCUT2D eigenvalue weighted by Gasteiger charge is -2.44. The molecule has 0 aliphatic carbocycles. The van der Waals surface area contributed by atoms with Crippen LogP contribution >= 0.6 is 0 Å². The maximum Gasteiger partial charge on any atom is 0.149 e. The van der Waals surface area contributed by atoms with E-state index in [4.69, 9.17) is 0 Å². The fraction of sp³-hybridized carbons (Fsp3) is 0.400. The van der Waals surface area contributed by atoms with E-state index in [0.717, 1.165) is 56.9 Å². The van der Waals surface area contributed by atoms with Crippen molar-refractivity contribution in [1.29, 1.82) is 0 Å². The van der Waals surface area contributed by atoms with Crippen LogP contribution in [0.4, 0.5) is 10.1 Å². The van der Waals surface area contributed by atoms with Crippen LogP contribution in [0, 0.1) is 5.82 Å². The van der Waals surface area contributed by atoms with Gasteiger partial charge in [0, 0.05) is 56.4 Å². The Hall–Kier alpha value is -2.50. The number of piperazine rings is 1. The SMILES string of the molecule is Fc1cccc2ccc(CN3CCCC(N4CCN(c5ccccc5)CC4)C3)nc12. The van der Waals surface area contributed by atoms with Crippen LogP contribution in [0.5, 0.6) is 0 Å². The molecule has 5 heteroatoms. The third-order valence-electron chi connectivity index (χ3n) is 6.55. The molecular weight excluding hydrogens is 375 g/mol. The van der Waals surface area contributed by atoms with Crippen LogP contribution < -0.4 is 4.90 Å². The number of benzene rings is 2. The quantitative estimate of drug-likeness (QED) is 0.651. The highest BCUT2D eigenvalue weighted by atomic mass is 19.1. The van der Waals surface area contributed by atoms with Gasteiger partial charge in [0.05, 0.1) is 5.69 Å². The second-order valence-corrected chi connectivity index (χ2v) is 8.50. The van der Waals surface area contributed by atoms with E-state index in [9.17, 15) is 4.39 Å². The van der Waals surface area contributed by atoms with Crippen molar-refractivity contribution < 1.29 is 4.39 Å². The van der Waals surface area contributed by atoms with Crippen molar-refractivity contribution in [3.05, 3.63) is 72.2 Å². The Morgan fingerprint density at radius 2 is 1.70 bits per heavy atom. The summed E-state index contributed by atoms with van der Waals surface area (Å²) >= 11 is 0. The number of nitrogens with zero attached hydrogens (tertiary/aromatic N) is 4. The van der Waals surface area contributed by atoms with Crippen molar-refractivity contribution in [1.82, 2.24) is 14.8 Å². The molecule has 0 bridgehead atoms. The summed E-state index contributed by atoms with van der Waals surface area (Å²) in [7, 11) is 0. The fourth-order valence-corrected chi connectivity index (χ4v) is 4.93. The van der Waals surface area contributed by atoms with Crippen molar-refractivity contribution in [2.45, 2.75) is 25.4 Å². The van der Waals surface area contributed by atoms with Gasteiger partial charge in [-0.1, -0.05) is 36.4 Å². The molecule has 3 aromatic rings. The molecule has 0 amide bonds. The molecule has 0 N–H and O–H groups in total. The van der Waals surface area contributed by atoms with Crippen LogP contribution in [-0.2, 0) is 6.54 Å². The number of halogens is 1. The van der Waals surface area contributed by atoms with Gasteiger partial charge >= 0.3 is 0 Å². The van der Waals surface area contributed by atoms with Crippen LogP contribution in [0.25, 0.3) is 10.9 Å². The second-order valence-electron chi connectivity index (χ2n) is 8.50. The largest absolute Gasteiger partial charge is 0.369 e. The summed E-state index contributed by atoms with van der Waals surface area (Å²) in [6.07, 6.45) is 2.48. The van der Waals surface area contributed by atoms with Gasteiger partial charge < -0.3 is 4.90 Å². The number of hydrogen-bond acceptors (Lipinski definition) is 4. The Balaban J connectivity index is 1.20. The molecule has 2 saturated heterocycles. The van der Waals surface area contributed by atoms with Gasteiger partial charge in [-0.2, -0.15) is 0 Å². The second kappa shape index (κ2) is 8.70. The molecule has 0 radical (unpaired) electrons. The van der Waals surface area contributed by atoms with Gasteiger partial charge in [-0.05, 0) is 43.7 Å². The lowest BCUT2D eigenvalue weighted by molar-refractivity contribution is 0.0881. The first-order valence-electron chi connectivity index (χ1n) is 11.1. The van der Waals surface area contributed by atoms with E-state index in [2.05, 4.69) is 50.0 Å². The predicted octanol–water partition coefficient (Wildman–Crippen LogP) is 4.16. The highest BCUT2D eigenvalue weighted by Crippen LogP contribution is 2.22. The molecule has 5 rings (SSSR count). The number of pyridine rings is 1. The standard InChI is InChI=1S/C25H29FN4/c26-24-10-4-6-20-11-12-21(27-25(20)24)18-28-13-5-9-23(19-28)30-16-14-29(15-17-30)22-7-2-1-3-8-22/h1-4,6-8,10-12,23H,5,9,13-19H2. The topological polar surface area (TPSA) is 22.6 Å². The molecule has 1 atom stereocenters. The van der Waals surface area contributed by atoms with E-state index in [1.54, 1.807) is 6.07 Å². The number of anilines is 1. The summed E-state index contributed by atoms with van der Waals surface area (Å²) in [6.45, 7) is 7.38. The smallest absolute Gasteiger partial charge is 0.149 e. The number of likely N-dealkylation sites (tertiary alicyclic amines) is 1.